The summed E-state index contributed by atoms with van der Waals surface area (Å²) in [6.07, 6.45) is 1.67. The molecule has 1 aliphatic heterocycles. The molecule has 10 heteroatoms. The predicted molar refractivity (Wildman–Crippen MR) is 101 cm³/mol. The van der Waals surface area contributed by atoms with E-state index in [2.05, 4.69) is 24.9 Å². The summed E-state index contributed by atoms with van der Waals surface area (Å²) in [5, 5.41) is 15.7. The van der Waals surface area contributed by atoms with Gasteiger partial charge in [-0.3, -0.25) is 20.0 Å². The van der Waals surface area contributed by atoms with E-state index in [4.69, 9.17) is 9.26 Å². The number of nitrogens with zero attached hydrogens (tertiary/aromatic N) is 6. The van der Waals surface area contributed by atoms with Crippen molar-refractivity contribution >= 4 is 22.3 Å². The molecule has 0 N–H and O–H groups in total. The first-order valence-electron chi connectivity index (χ1n) is 8.95. The molecular formula is C18H20N6O4. The van der Waals surface area contributed by atoms with E-state index in [0.29, 0.717) is 35.8 Å². The van der Waals surface area contributed by atoms with Crippen LogP contribution in [0.3, 0.4) is 0 Å². The highest BCUT2D eigenvalue weighted by Gasteiger charge is 2.23. The van der Waals surface area contributed by atoms with E-state index in [9.17, 15) is 10.1 Å². The van der Waals surface area contributed by atoms with E-state index in [0.717, 1.165) is 31.9 Å². The Morgan fingerprint density at radius 3 is 2.82 bits per heavy atom. The van der Waals surface area contributed by atoms with Gasteiger partial charge >= 0.3 is 0 Å². The van der Waals surface area contributed by atoms with Gasteiger partial charge in [-0.2, -0.15) is 4.98 Å². The van der Waals surface area contributed by atoms with Gasteiger partial charge in [-0.25, -0.2) is 0 Å². The number of rotatable bonds is 6. The van der Waals surface area contributed by atoms with Crippen LogP contribution in [0.2, 0.25) is 0 Å². The number of hydrogen-bond acceptors (Lipinski definition) is 9. The monoisotopic (exact) mass is 384 g/mol. The molecule has 28 heavy (non-hydrogen) atoms. The van der Waals surface area contributed by atoms with Crippen molar-refractivity contribution in [3.05, 3.63) is 52.3 Å². The van der Waals surface area contributed by atoms with Gasteiger partial charge in [0.25, 0.3) is 5.69 Å². The molecule has 0 unspecified atom stereocenters. The van der Waals surface area contributed by atoms with E-state index in [1.54, 1.807) is 37.6 Å². The molecule has 4 rings (SSSR count). The van der Waals surface area contributed by atoms with Crippen molar-refractivity contribution in [1.29, 1.82) is 0 Å². The third-order valence-corrected chi connectivity index (χ3v) is 4.78. The fraction of sp³-hybridized carbons (Fsp3) is 0.389. The fourth-order valence-corrected chi connectivity index (χ4v) is 3.44. The van der Waals surface area contributed by atoms with Crippen molar-refractivity contribution < 1.29 is 14.2 Å². The minimum absolute atomic E-state index is 0.0775. The summed E-state index contributed by atoms with van der Waals surface area (Å²) in [5.74, 6) is 1.11. The smallest absolute Gasteiger partial charge is 0.278 e. The van der Waals surface area contributed by atoms with Crippen LogP contribution < -0.4 is 4.90 Å². The van der Waals surface area contributed by atoms with E-state index in [1.807, 2.05) is 0 Å². The number of hydrogen-bond donors (Lipinski definition) is 0. The third kappa shape index (κ3) is 3.64. The Morgan fingerprint density at radius 2 is 2.07 bits per heavy atom. The predicted octanol–water partition coefficient (Wildman–Crippen LogP) is 1.99. The quantitative estimate of drug-likeness (QED) is 0.465. The standard InChI is InChI=1S/C18H20N6O4/c1-27-12-16-20-17(28-21-16)11-22-7-9-23(10-8-22)15-5-4-14(24(25)26)13-3-2-6-19-18(13)15/h2-6H,7-12H2,1H3. The Balaban J connectivity index is 1.46. The number of methoxy groups -OCH3 is 1. The Kier molecular flexibility index (Phi) is 5.13. The van der Waals surface area contributed by atoms with Crippen LogP contribution in [-0.2, 0) is 17.9 Å². The summed E-state index contributed by atoms with van der Waals surface area (Å²) < 4.78 is 10.3. The molecular weight excluding hydrogens is 364 g/mol. The zero-order valence-electron chi connectivity index (χ0n) is 15.4. The molecule has 0 spiro atoms. The van der Waals surface area contributed by atoms with Crippen molar-refractivity contribution in [3.63, 3.8) is 0 Å². The Bertz CT molecular complexity index is 983. The summed E-state index contributed by atoms with van der Waals surface area (Å²) in [5.41, 5.74) is 1.65. The molecule has 146 valence electrons. The Morgan fingerprint density at radius 1 is 1.25 bits per heavy atom. The van der Waals surface area contributed by atoms with Gasteiger partial charge in [-0.05, 0) is 18.2 Å². The highest BCUT2D eigenvalue weighted by molar-refractivity contribution is 5.97. The van der Waals surface area contributed by atoms with Gasteiger partial charge in [0.15, 0.2) is 5.82 Å². The molecule has 0 radical (unpaired) electrons. The molecule has 0 bridgehead atoms. The SMILES string of the molecule is COCc1noc(CN2CCN(c3ccc([N+](=O)[O-])c4cccnc34)CC2)n1. The average Bonchev–Trinajstić information content (AvgIpc) is 3.15. The zero-order valence-corrected chi connectivity index (χ0v) is 15.4. The number of fused-ring (bicyclic) bond motifs is 1. The number of benzene rings is 1. The Hall–Kier alpha value is -3.11. The molecule has 3 heterocycles. The average molecular weight is 384 g/mol. The summed E-state index contributed by atoms with van der Waals surface area (Å²) in [7, 11) is 1.59. The topological polar surface area (TPSA) is 111 Å². The molecule has 0 aliphatic carbocycles. The number of non-ortho nitro benzene ring substituents is 1. The number of pyridine rings is 1. The molecule has 10 nitrogen and oxygen atoms in total. The molecule has 0 atom stereocenters. The number of nitro groups is 1. The van der Waals surface area contributed by atoms with Crippen LogP contribution in [-0.4, -0.2) is 58.2 Å². The summed E-state index contributed by atoms with van der Waals surface area (Å²) >= 11 is 0. The first-order valence-corrected chi connectivity index (χ1v) is 8.95. The maximum atomic E-state index is 11.3. The van der Waals surface area contributed by atoms with Crippen molar-refractivity contribution in [2.75, 3.05) is 38.2 Å². The van der Waals surface area contributed by atoms with E-state index >= 15 is 0 Å². The van der Waals surface area contributed by atoms with Crippen LogP contribution in [0, 0.1) is 10.1 Å². The highest BCUT2D eigenvalue weighted by atomic mass is 16.6. The highest BCUT2D eigenvalue weighted by Crippen LogP contribution is 2.32. The fourth-order valence-electron chi connectivity index (χ4n) is 3.44. The van der Waals surface area contributed by atoms with Gasteiger partial charge in [-0.15, -0.1) is 0 Å². The van der Waals surface area contributed by atoms with Crippen LogP contribution in [0.1, 0.15) is 11.7 Å². The first-order chi connectivity index (χ1) is 13.7. The van der Waals surface area contributed by atoms with Gasteiger partial charge in [0.1, 0.15) is 12.1 Å². The molecule has 1 saturated heterocycles. The van der Waals surface area contributed by atoms with Crippen LogP contribution in [0.5, 0.6) is 0 Å². The third-order valence-electron chi connectivity index (χ3n) is 4.78. The van der Waals surface area contributed by atoms with Crippen LogP contribution in [0.15, 0.2) is 35.0 Å². The van der Waals surface area contributed by atoms with Crippen LogP contribution in [0.4, 0.5) is 11.4 Å². The maximum absolute atomic E-state index is 11.3. The molecule has 1 aliphatic rings. The molecule has 1 fully saturated rings. The molecule has 0 saturated carbocycles. The summed E-state index contributed by atoms with van der Waals surface area (Å²) in [4.78, 5) is 24.1. The normalized spacial score (nSPS) is 15.2. The number of nitro benzene ring substituents is 1. The van der Waals surface area contributed by atoms with Gasteiger partial charge in [0.05, 0.1) is 22.5 Å². The van der Waals surface area contributed by atoms with Crippen LogP contribution >= 0.6 is 0 Å². The van der Waals surface area contributed by atoms with Gasteiger partial charge in [0, 0.05) is 45.6 Å². The van der Waals surface area contributed by atoms with Gasteiger partial charge in [-0.1, -0.05) is 5.16 Å². The second-order valence-electron chi connectivity index (χ2n) is 6.56. The number of anilines is 1. The Labute approximate surface area is 160 Å². The second-order valence-corrected chi connectivity index (χ2v) is 6.56. The van der Waals surface area contributed by atoms with Crippen molar-refractivity contribution in [2.24, 2.45) is 0 Å². The number of aromatic nitrogens is 3. The molecule has 2 aromatic heterocycles. The van der Waals surface area contributed by atoms with Crippen molar-refractivity contribution in [1.82, 2.24) is 20.0 Å². The largest absolute Gasteiger partial charge is 0.377 e. The van der Waals surface area contributed by atoms with Crippen LogP contribution in [0.25, 0.3) is 10.9 Å². The maximum Gasteiger partial charge on any atom is 0.278 e. The van der Waals surface area contributed by atoms with Crippen molar-refractivity contribution in [3.8, 4) is 0 Å². The molecule has 1 aromatic carbocycles. The second kappa shape index (κ2) is 7.87. The lowest BCUT2D eigenvalue weighted by atomic mass is 10.1. The minimum atomic E-state index is -0.367. The minimum Gasteiger partial charge on any atom is -0.377 e. The molecule has 0 amide bonds. The summed E-state index contributed by atoms with van der Waals surface area (Å²) in [6.45, 7) is 4.10. The zero-order chi connectivity index (χ0) is 19.5. The van der Waals surface area contributed by atoms with Crippen molar-refractivity contribution in [2.45, 2.75) is 13.2 Å². The van der Waals surface area contributed by atoms with E-state index < -0.39 is 0 Å². The molecule has 3 aromatic rings. The van der Waals surface area contributed by atoms with E-state index in [1.165, 1.54) is 0 Å². The lowest BCUT2D eigenvalue weighted by Crippen LogP contribution is -2.46. The summed E-state index contributed by atoms with van der Waals surface area (Å²) in [6, 6.07) is 6.81. The first kappa shape index (κ1) is 18.3. The lowest BCUT2D eigenvalue weighted by Gasteiger charge is -2.35. The van der Waals surface area contributed by atoms with Gasteiger partial charge < -0.3 is 14.2 Å². The lowest BCUT2D eigenvalue weighted by molar-refractivity contribution is -0.383. The van der Waals surface area contributed by atoms with E-state index in [-0.39, 0.29) is 10.6 Å². The number of ether oxygens (including phenoxy) is 1. The number of piperazine rings is 1. The van der Waals surface area contributed by atoms with Gasteiger partial charge in [0.2, 0.25) is 5.89 Å².